The van der Waals surface area contributed by atoms with Gasteiger partial charge in [0.15, 0.2) is 0 Å². The maximum Gasteiger partial charge on any atom is 0.258 e. The summed E-state index contributed by atoms with van der Waals surface area (Å²) in [6.07, 6.45) is 0.630. The van der Waals surface area contributed by atoms with E-state index in [9.17, 15) is 13.2 Å². The van der Waals surface area contributed by atoms with E-state index in [2.05, 4.69) is 0 Å². The predicted octanol–water partition coefficient (Wildman–Crippen LogP) is 2.92. The Labute approximate surface area is 166 Å². The van der Waals surface area contributed by atoms with Gasteiger partial charge in [-0.3, -0.25) is 4.79 Å². The molecule has 0 atom stereocenters. The number of amides is 1. The van der Waals surface area contributed by atoms with Crippen molar-refractivity contribution in [3.8, 4) is 0 Å². The Bertz CT molecular complexity index is 943. The molecule has 0 saturated carbocycles. The Morgan fingerprint density at radius 3 is 2.48 bits per heavy atom. The lowest BCUT2D eigenvalue weighted by molar-refractivity contribution is 0.0989. The average Bonchev–Trinajstić information content (AvgIpc) is 3.05. The molecule has 0 saturated heterocycles. The van der Waals surface area contributed by atoms with Crippen molar-refractivity contribution in [2.24, 2.45) is 0 Å². The van der Waals surface area contributed by atoms with Crippen molar-refractivity contribution < 1.29 is 13.2 Å². The molecule has 0 unspecified atom stereocenters. The van der Waals surface area contributed by atoms with E-state index in [4.69, 9.17) is 5.73 Å². The number of nitrogen functional groups attached to an aromatic ring is 1. The highest BCUT2D eigenvalue weighted by Gasteiger charge is 2.29. The Morgan fingerprint density at radius 2 is 1.85 bits per heavy atom. The number of benzene rings is 2. The number of hydrogen-bond donors (Lipinski definition) is 1. The molecule has 0 radical (unpaired) electrons. The molecule has 2 aromatic rings. The normalized spacial score (nSPS) is 13.4. The van der Waals surface area contributed by atoms with Crippen LogP contribution in [0.5, 0.6) is 0 Å². The fourth-order valence-corrected chi connectivity index (χ4v) is 4.80. The minimum absolute atomic E-state index is 0. The van der Waals surface area contributed by atoms with Gasteiger partial charge in [-0.1, -0.05) is 19.9 Å². The summed E-state index contributed by atoms with van der Waals surface area (Å²) < 4.78 is 26.8. The lowest BCUT2D eigenvalue weighted by Gasteiger charge is -2.20. The van der Waals surface area contributed by atoms with Gasteiger partial charge in [0.05, 0.1) is 4.90 Å². The highest BCUT2D eigenvalue weighted by atomic mass is 35.5. The van der Waals surface area contributed by atoms with Crippen molar-refractivity contribution >= 4 is 39.7 Å². The molecule has 2 aromatic carbocycles. The fourth-order valence-electron chi connectivity index (χ4n) is 3.29. The summed E-state index contributed by atoms with van der Waals surface area (Å²) in [7, 11) is -3.50. The van der Waals surface area contributed by atoms with E-state index in [0.29, 0.717) is 37.3 Å². The lowest BCUT2D eigenvalue weighted by atomic mass is 10.1. The summed E-state index contributed by atoms with van der Waals surface area (Å²) in [5.41, 5.74) is 8.46. The van der Waals surface area contributed by atoms with Crippen molar-refractivity contribution in [1.82, 2.24) is 4.31 Å². The van der Waals surface area contributed by atoms with Crippen LogP contribution >= 0.6 is 12.4 Å². The van der Waals surface area contributed by atoms with Crippen molar-refractivity contribution in [1.29, 1.82) is 0 Å². The highest BCUT2D eigenvalue weighted by molar-refractivity contribution is 7.89. The molecule has 1 amide bonds. The van der Waals surface area contributed by atoms with E-state index in [1.165, 1.54) is 4.31 Å². The van der Waals surface area contributed by atoms with Crippen molar-refractivity contribution in [2.75, 3.05) is 30.3 Å². The number of sulfonamides is 1. The van der Waals surface area contributed by atoms with Crippen LogP contribution in [0.15, 0.2) is 47.4 Å². The third kappa shape index (κ3) is 3.95. The van der Waals surface area contributed by atoms with E-state index in [-0.39, 0.29) is 23.2 Å². The highest BCUT2D eigenvalue weighted by Crippen LogP contribution is 2.32. The number of carbonyl (C=O) groups is 1. The molecular formula is C19H24ClN3O3S. The van der Waals surface area contributed by atoms with Crippen LogP contribution in [-0.4, -0.2) is 38.3 Å². The summed E-state index contributed by atoms with van der Waals surface area (Å²) in [5, 5.41) is 0. The number of carbonyl (C=O) groups excluding carboxylic acids is 1. The summed E-state index contributed by atoms with van der Waals surface area (Å²) >= 11 is 0. The van der Waals surface area contributed by atoms with Crippen LogP contribution in [0, 0.1) is 0 Å². The van der Waals surface area contributed by atoms with Crippen LogP contribution in [-0.2, 0) is 16.4 Å². The fraction of sp³-hybridized carbons (Fsp3) is 0.316. The SMILES string of the molecule is CCN(CC)S(=O)(=O)c1ccc2c(c1)CCN2C(=O)c1cccc(N)c1.Cl. The summed E-state index contributed by atoms with van der Waals surface area (Å²) in [6.45, 7) is 5.02. The molecule has 6 nitrogen and oxygen atoms in total. The number of anilines is 2. The number of nitrogens with two attached hydrogens (primary N) is 1. The standard InChI is InChI=1S/C19H23N3O3S.ClH/c1-3-21(4-2)26(24,25)17-8-9-18-14(13-17)10-11-22(18)19(23)15-6-5-7-16(20)12-15;/h5-9,12-13H,3-4,10-11,20H2,1-2H3;1H. The van der Waals surface area contributed by atoms with Gasteiger partial charge in [0.25, 0.3) is 5.91 Å². The average molecular weight is 410 g/mol. The first kappa shape index (κ1) is 21.2. The monoisotopic (exact) mass is 409 g/mol. The van der Waals surface area contributed by atoms with E-state index in [0.717, 1.165) is 11.3 Å². The second-order valence-corrected chi connectivity index (χ2v) is 8.15. The van der Waals surface area contributed by atoms with Gasteiger partial charge in [0.2, 0.25) is 10.0 Å². The van der Waals surface area contributed by atoms with E-state index in [1.807, 2.05) is 13.8 Å². The zero-order valence-electron chi connectivity index (χ0n) is 15.4. The van der Waals surface area contributed by atoms with Gasteiger partial charge in [-0.15, -0.1) is 12.4 Å². The minimum Gasteiger partial charge on any atom is -0.399 e. The number of nitrogens with zero attached hydrogens (tertiary/aromatic N) is 2. The van der Waals surface area contributed by atoms with Crippen LogP contribution in [0.2, 0.25) is 0 Å². The first-order valence-corrected chi connectivity index (χ1v) is 10.1. The molecule has 1 aliphatic rings. The molecule has 2 N–H and O–H groups in total. The molecular weight excluding hydrogens is 386 g/mol. The molecule has 0 aromatic heterocycles. The zero-order valence-corrected chi connectivity index (χ0v) is 17.0. The van der Waals surface area contributed by atoms with Crippen LogP contribution in [0.25, 0.3) is 0 Å². The van der Waals surface area contributed by atoms with Crippen molar-refractivity contribution in [2.45, 2.75) is 25.2 Å². The van der Waals surface area contributed by atoms with Crippen LogP contribution in [0.1, 0.15) is 29.8 Å². The predicted molar refractivity (Wildman–Crippen MR) is 110 cm³/mol. The number of halogens is 1. The van der Waals surface area contributed by atoms with E-state index < -0.39 is 10.0 Å². The van der Waals surface area contributed by atoms with Crippen LogP contribution < -0.4 is 10.6 Å². The largest absolute Gasteiger partial charge is 0.399 e. The summed E-state index contributed by atoms with van der Waals surface area (Å²) in [5.74, 6) is -0.129. The Hall–Kier alpha value is -2.09. The quantitative estimate of drug-likeness (QED) is 0.769. The third-order valence-electron chi connectivity index (χ3n) is 4.67. The number of fused-ring (bicyclic) bond motifs is 1. The molecule has 0 aliphatic carbocycles. The topological polar surface area (TPSA) is 83.7 Å². The molecule has 3 rings (SSSR count). The molecule has 146 valence electrons. The maximum atomic E-state index is 12.8. The summed E-state index contributed by atoms with van der Waals surface area (Å²) in [6, 6.07) is 11.9. The first-order valence-electron chi connectivity index (χ1n) is 8.69. The number of hydrogen-bond acceptors (Lipinski definition) is 4. The first-order chi connectivity index (χ1) is 12.4. The summed E-state index contributed by atoms with van der Waals surface area (Å²) in [4.78, 5) is 14.7. The van der Waals surface area contributed by atoms with E-state index >= 15 is 0 Å². The molecule has 0 bridgehead atoms. The third-order valence-corrected chi connectivity index (χ3v) is 6.71. The van der Waals surface area contributed by atoms with Gasteiger partial charge in [0.1, 0.15) is 0 Å². The Balaban J connectivity index is 0.00000261. The molecule has 0 spiro atoms. The van der Waals surface area contributed by atoms with Gasteiger partial charge >= 0.3 is 0 Å². The molecule has 27 heavy (non-hydrogen) atoms. The Kier molecular flexibility index (Phi) is 6.51. The van der Waals surface area contributed by atoms with Gasteiger partial charge in [-0.05, 0) is 48.4 Å². The maximum absolute atomic E-state index is 12.8. The van der Waals surface area contributed by atoms with Gasteiger partial charge < -0.3 is 10.6 Å². The van der Waals surface area contributed by atoms with Gasteiger partial charge in [-0.2, -0.15) is 4.31 Å². The van der Waals surface area contributed by atoms with Crippen molar-refractivity contribution in [3.63, 3.8) is 0 Å². The number of rotatable bonds is 5. The van der Waals surface area contributed by atoms with Crippen molar-refractivity contribution in [3.05, 3.63) is 53.6 Å². The molecule has 1 aliphatic heterocycles. The molecule has 8 heteroatoms. The molecule has 1 heterocycles. The zero-order chi connectivity index (χ0) is 18.9. The van der Waals surface area contributed by atoms with E-state index in [1.54, 1.807) is 47.4 Å². The Morgan fingerprint density at radius 1 is 1.15 bits per heavy atom. The minimum atomic E-state index is -3.50. The lowest BCUT2D eigenvalue weighted by Crippen LogP contribution is -2.30. The van der Waals surface area contributed by atoms with Crippen LogP contribution in [0.3, 0.4) is 0 Å². The smallest absolute Gasteiger partial charge is 0.258 e. The van der Waals surface area contributed by atoms with Crippen LogP contribution in [0.4, 0.5) is 11.4 Å². The van der Waals surface area contributed by atoms with Gasteiger partial charge in [0, 0.05) is 36.6 Å². The molecule has 0 fully saturated rings. The second-order valence-electron chi connectivity index (χ2n) is 6.21. The van der Waals surface area contributed by atoms with Gasteiger partial charge in [-0.25, -0.2) is 8.42 Å². The second kappa shape index (κ2) is 8.29.